The molecule has 0 aliphatic carbocycles. The molecule has 0 fully saturated rings. The van der Waals surface area contributed by atoms with Gasteiger partial charge in [-0.05, 0) is 18.4 Å². The van der Waals surface area contributed by atoms with Crippen LogP contribution >= 0.6 is 0 Å². The predicted octanol–water partition coefficient (Wildman–Crippen LogP) is 1.78. The van der Waals surface area contributed by atoms with Crippen molar-refractivity contribution >= 4 is 11.5 Å². The molecule has 1 aromatic heterocycles. The van der Waals surface area contributed by atoms with Crippen LogP contribution in [0.25, 0.3) is 0 Å². The largest absolute Gasteiger partial charge is 0.360 e. The average Bonchev–Trinajstić information content (AvgIpc) is 2.28. The monoisotopic (exact) mass is 238 g/mol. The molecule has 0 radical (unpaired) electrons. The van der Waals surface area contributed by atoms with E-state index in [4.69, 9.17) is 5.73 Å². The molecule has 6 heteroatoms. The summed E-state index contributed by atoms with van der Waals surface area (Å²) in [6.45, 7) is 4.58. The number of rotatable bonds is 6. The van der Waals surface area contributed by atoms with E-state index in [0.717, 1.165) is 6.42 Å². The second kappa shape index (κ2) is 6.15. The van der Waals surface area contributed by atoms with Crippen molar-refractivity contribution in [3.05, 3.63) is 28.4 Å². The van der Waals surface area contributed by atoms with Crippen LogP contribution in [0.1, 0.15) is 20.3 Å². The van der Waals surface area contributed by atoms with E-state index in [1.807, 2.05) is 0 Å². The zero-order valence-corrected chi connectivity index (χ0v) is 10.1. The van der Waals surface area contributed by atoms with Crippen molar-refractivity contribution in [2.24, 2.45) is 11.7 Å². The fourth-order valence-electron chi connectivity index (χ4n) is 1.63. The molecule has 94 valence electrons. The molecule has 0 saturated carbocycles. The van der Waals surface area contributed by atoms with Gasteiger partial charge in [0.2, 0.25) is 5.82 Å². The highest BCUT2D eigenvalue weighted by Crippen LogP contribution is 2.22. The number of pyridine rings is 1. The van der Waals surface area contributed by atoms with E-state index in [9.17, 15) is 10.1 Å². The van der Waals surface area contributed by atoms with E-state index in [-0.39, 0.29) is 17.5 Å². The van der Waals surface area contributed by atoms with Crippen molar-refractivity contribution < 1.29 is 4.92 Å². The van der Waals surface area contributed by atoms with Crippen molar-refractivity contribution in [3.63, 3.8) is 0 Å². The van der Waals surface area contributed by atoms with Gasteiger partial charge in [0.05, 0.1) is 4.92 Å². The Balaban J connectivity index is 2.82. The smallest absolute Gasteiger partial charge is 0.311 e. The fourth-order valence-corrected chi connectivity index (χ4v) is 1.63. The first-order chi connectivity index (χ1) is 8.04. The van der Waals surface area contributed by atoms with Crippen LogP contribution in [-0.2, 0) is 0 Å². The molecule has 1 unspecified atom stereocenters. The van der Waals surface area contributed by atoms with Gasteiger partial charge in [0.15, 0.2) is 0 Å². The second-order valence-electron chi connectivity index (χ2n) is 4.33. The van der Waals surface area contributed by atoms with Crippen molar-refractivity contribution in [2.45, 2.75) is 26.3 Å². The van der Waals surface area contributed by atoms with Crippen LogP contribution < -0.4 is 11.1 Å². The van der Waals surface area contributed by atoms with Crippen LogP contribution in [0.3, 0.4) is 0 Å². The molecule has 0 saturated heterocycles. The SMILES string of the molecule is CC(C)CC(CN)Nc1ncccc1[N+](=O)[O-]. The number of anilines is 1. The fraction of sp³-hybridized carbons (Fsp3) is 0.545. The molecule has 1 heterocycles. The number of nitrogens with two attached hydrogens (primary N) is 1. The standard InChI is InChI=1S/C11H18N4O2/c1-8(2)6-9(7-12)14-11-10(15(16)17)4-3-5-13-11/h3-5,8-9H,6-7,12H2,1-2H3,(H,13,14). The number of hydrogen-bond donors (Lipinski definition) is 2. The normalized spacial score (nSPS) is 12.5. The summed E-state index contributed by atoms with van der Waals surface area (Å²) in [5.74, 6) is 0.757. The highest BCUT2D eigenvalue weighted by Gasteiger charge is 2.17. The van der Waals surface area contributed by atoms with Gasteiger partial charge in [-0.1, -0.05) is 13.8 Å². The van der Waals surface area contributed by atoms with Crippen LogP contribution in [0.4, 0.5) is 11.5 Å². The van der Waals surface area contributed by atoms with Crippen LogP contribution in [-0.4, -0.2) is 22.5 Å². The van der Waals surface area contributed by atoms with Gasteiger partial charge in [-0.15, -0.1) is 0 Å². The first-order valence-corrected chi connectivity index (χ1v) is 5.60. The maximum absolute atomic E-state index is 10.8. The Morgan fingerprint density at radius 1 is 1.59 bits per heavy atom. The van der Waals surface area contributed by atoms with Gasteiger partial charge in [-0.25, -0.2) is 4.98 Å². The summed E-state index contributed by atoms with van der Waals surface area (Å²) >= 11 is 0. The minimum Gasteiger partial charge on any atom is -0.360 e. The molecule has 1 rings (SSSR count). The van der Waals surface area contributed by atoms with Crippen LogP contribution in [0.15, 0.2) is 18.3 Å². The van der Waals surface area contributed by atoms with E-state index < -0.39 is 4.92 Å². The first-order valence-electron chi connectivity index (χ1n) is 5.60. The Labute approximate surface area is 100 Å². The Kier molecular flexibility index (Phi) is 4.84. The molecule has 1 aromatic rings. The molecule has 0 amide bonds. The second-order valence-corrected chi connectivity index (χ2v) is 4.33. The van der Waals surface area contributed by atoms with E-state index >= 15 is 0 Å². The molecular weight excluding hydrogens is 220 g/mol. The minimum absolute atomic E-state index is 0.00333. The molecule has 6 nitrogen and oxygen atoms in total. The lowest BCUT2D eigenvalue weighted by molar-refractivity contribution is -0.384. The minimum atomic E-state index is -0.446. The van der Waals surface area contributed by atoms with E-state index in [0.29, 0.717) is 12.5 Å². The molecule has 0 spiro atoms. The Morgan fingerprint density at radius 2 is 2.29 bits per heavy atom. The van der Waals surface area contributed by atoms with Crippen molar-refractivity contribution in [1.29, 1.82) is 0 Å². The number of nitro groups is 1. The van der Waals surface area contributed by atoms with Gasteiger partial charge in [0.1, 0.15) is 0 Å². The Hall–Kier alpha value is -1.69. The zero-order chi connectivity index (χ0) is 12.8. The highest BCUT2D eigenvalue weighted by atomic mass is 16.6. The highest BCUT2D eigenvalue weighted by molar-refractivity contribution is 5.55. The average molecular weight is 238 g/mol. The summed E-state index contributed by atoms with van der Waals surface area (Å²) in [7, 11) is 0. The molecule has 1 atom stereocenters. The van der Waals surface area contributed by atoms with Crippen molar-refractivity contribution in [2.75, 3.05) is 11.9 Å². The lowest BCUT2D eigenvalue weighted by atomic mass is 10.0. The van der Waals surface area contributed by atoms with Crippen LogP contribution in [0.2, 0.25) is 0 Å². The molecule has 0 bridgehead atoms. The van der Waals surface area contributed by atoms with Gasteiger partial charge in [-0.2, -0.15) is 0 Å². The number of aromatic nitrogens is 1. The van der Waals surface area contributed by atoms with E-state index in [1.165, 1.54) is 12.3 Å². The molecule has 0 aliphatic rings. The number of nitrogens with zero attached hydrogens (tertiary/aromatic N) is 2. The molecular formula is C11H18N4O2. The molecule has 0 aliphatic heterocycles. The van der Waals surface area contributed by atoms with Gasteiger partial charge < -0.3 is 11.1 Å². The van der Waals surface area contributed by atoms with Crippen molar-refractivity contribution in [3.8, 4) is 0 Å². The third kappa shape index (κ3) is 3.99. The lowest BCUT2D eigenvalue weighted by Crippen LogP contribution is -2.30. The summed E-state index contributed by atoms with van der Waals surface area (Å²) in [6, 6.07) is 2.98. The summed E-state index contributed by atoms with van der Waals surface area (Å²) in [6.07, 6.45) is 2.38. The van der Waals surface area contributed by atoms with Crippen molar-refractivity contribution in [1.82, 2.24) is 4.98 Å². The topological polar surface area (TPSA) is 94.1 Å². The first kappa shape index (κ1) is 13.4. The van der Waals surface area contributed by atoms with E-state index in [1.54, 1.807) is 6.07 Å². The third-order valence-electron chi connectivity index (χ3n) is 2.36. The summed E-state index contributed by atoms with van der Waals surface area (Å²) < 4.78 is 0. The Morgan fingerprint density at radius 3 is 2.82 bits per heavy atom. The van der Waals surface area contributed by atoms with Crippen LogP contribution in [0.5, 0.6) is 0 Å². The lowest BCUT2D eigenvalue weighted by Gasteiger charge is -2.19. The summed E-state index contributed by atoms with van der Waals surface area (Å²) in [5, 5.41) is 13.8. The Bertz CT molecular complexity index is 381. The maximum atomic E-state index is 10.8. The van der Waals surface area contributed by atoms with Gasteiger partial charge in [0, 0.05) is 24.8 Å². The zero-order valence-electron chi connectivity index (χ0n) is 10.1. The number of nitrogens with one attached hydrogen (secondary N) is 1. The van der Waals surface area contributed by atoms with Gasteiger partial charge in [0.25, 0.3) is 0 Å². The predicted molar refractivity (Wildman–Crippen MR) is 66.8 cm³/mol. The quantitative estimate of drug-likeness (QED) is 0.582. The number of hydrogen-bond acceptors (Lipinski definition) is 5. The molecule has 0 aromatic carbocycles. The van der Waals surface area contributed by atoms with Gasteiger partial charge in [-0.3, -0.25) is 10.1 Å². The van der Waals surface area contributed by atoms with Gasteiger partial charge >= 0.3 is 5.69 Å². The molecule has 3 N–H and O–H groups in total. The summed E-state index contributed by atoms with van der Waals surface area (Å²) in [4.78, 5) is 14.3. The molecule has 17 heavy (non-hydrogen) atoms. The third-order valence-corrected chi connectivity index (χ3v) is 2.36. The maximum Gasteiger partial charge on any atom is 0.311 e. The summed E-state index contributed by atoms with van der Waals surface area (Å²) in [5.41, 5.74) is 5.62. The van der Waals surface area contributed by atoms with Crippen LogP contribution in [0, 0.1) is 16.0 Å². The van der Waals surface area contributed by atoms with E-state index in [2.05, 4.69) is 24.1 Å².